The van der Waals surface area contributed by atoms with Crippen LogP contribution in [0.25, 0.3) is 11.1 Å². The van der Waals surface area contributed by atoms with E-state index in [0.29, 0.717) is 18.0 Å². The van der Waals surface area contributed by atoms with Crippen LogP contribution >= 0.6 is 0 Å². The van der Waals surface area contributed by atoms with Gasteiger partial charge in [-0.05, 0) is 44.5 Å². The first-order valence-electron chi connectivity index (χ1n) is 10.4. The summed E-state index contributed by atoms with van der Waals surface area (Å²) in [5.74, 6) is 1.31. The first-order valence-corrected chi connectivity index (χ1v) is 10.4. The van der Waals surface area contributed by atoms with Crippen LogP contribution in [0.1, 0.15) is 26.3 Å². The number of carbonyl (C=O) groups is 1. The highest BCUT2D eigenvalue weighted by molar-refractivity contribution is 6.09. The Labute approximate surface area is 188 Å². The fourth-order valence-corrected chi connectivity index (χ4v) is 4.22. The van der Waals surface area contributed by atoms with E-state index in [0.717, 1.165) is 33.8 Å². The van der Waals surface area contributed by atoms with E-state index in [-0.39, 0.29) is 12.7 Å². The lowest BCUT2D eigenvalue weighted by Gasteiger charge is -2.41. The van der Waals surface area contributed by atoms with Crippen molar-refractivity contribution < 1.29 is 23.7 Å². The number of hydrogen-bond donors (Lipinski definition) is 1. The second kappa shape index (κ2) is 8.27. The van der Waals surface area contributed by atoms with Crippen LogP contribution < -0.4 is 19.8 Å². The molecular formula is C24H29N3O5. The average Bonchev–Trinajstić information content (AvgIpc) is 3.18. The van der Waals surface area contributed by atoms with Crippen molar-refractivity contribution in [3.63, 3.8) is 0 Å². The molecule has 0 atom stereocenters. The summed E-state index contributed by atoms with van der Waals surface area (Å²) >= 11 is 0. The van der Waals surface area contributed by atoms with Gasteiger partial charge >= 0.3 is 0 Å². The van der Waals surface area contributed by atoms with E-state index in [2.05, 4.69) is 11.4 Å². The predicted molar refractivity (Wildman–Crippen MR) is 122 cm³/mol. The highest BCUT2D eigenvalue weighted by Crippen LogP contribution is 2.50. The largest absolute Gasteiger partial charge is 0.502 e. The van der Waals surface area contributed by atoms with Crippen LogP contribution in [-0.2, 0) is 20.8 Å². The third-order valence-corrected chi connectivity index (χ3v) is 5.72. The molecule has 2 aliphatic rings. The molecule has 0 saturated carbocycles. The molecule has 2 aliphatic heterocycles. The number of hydrogen-bond acceptors (Lipinski definition) is 7. The maximum atomic E-state index is 13.4. The van der Waals surface area contributed by atoms with Crippen molar-refractivity contribution in [3.8, 4) is 22.6 Å². The zero-order valence-electron chi connectivity index (χ0n) is 19.3. The van der Waals surface area contributed by atoms with Crippen molar-refractivity contribution in [2.24, 2.45) is 0 Å². The molecule has 2 heterocycles. The lowest BCUT2D eigenvalue weighted by Crippen LogP contribution is -2.57. The van der Waals surface area contributed by atoms with Crippen molar-refractivity contribution in [1.29, 1.82) is 0 Å². The SMILES string of the molecule is CO/C=C(/C)N1Cc2c(-c3ccc(OCOC)cc3OC)ccc3c2N1C(=O)C(C)(C)N3. The lowest BCUT2D eigenvalue weighted by atomic mass is 9.93. The van der Waals surface area contributed by atoms with Crippen LogP contribution in [0.5, 0.6) is 11.5 Å². The molecule has 2 aromatic rings. The molecule has 0 bridgehead atoms. The molecule has 170 valence electrons. The van der Waals surface area contributed by atoms with E-state index in [1.165, 1.54) is 0 Å². The Morgan fingerprint density at radius 1 is 1.16 bits per heavy atom. The Bertz CT molecular complexity index is 1080. The number of anilines is 2. The van der Waals surface area contributed by atoms with Crippen LogP contribution in [0.4, 0.5) is 11.4 Å². The summed E-state index contributed by atoms with van der Waals surface area (Å²) in [6, 6.07) is 9.78. The van der Waals surface area contributed by atoms with Gasteiger partial charge in [-0.3, -0.25) is 9.80 Å². The Morgan fingerprint density at radius 2 is 1.91 bits per heavy atom. The zero-order valence-corrected chi connectivity index (χ0v) is 19.3. The van der Waals surface area contributed by atoms with E-state index in [4.69, 9.17) is 18.9 Å². The smallest absolute Gasteiger partial charge is 0.270 e. The number of ether oxygens (including phenoxy) is 4. The Kier molecular flexibility index (Phi) is 5.64. The number of nitrogens with zero attached hydrogens (tertiary/aromatic N) is 2. The number of rotatable bonds is 7. The maximum absolute atomic E-state index is 13.4. The monoisotopic (exact) mass is 439 g/mol. The fraction of sp³-hybridized carbons (Fsp3) is 0.375. The van der Waals surface area contributed by atoms with Gasteiger partial charge in [0.15, 0.2) is 6.79 Å². The van der Waals surface area contributed by atoms with Crippen molar-refractivity contribution in [2.45, 2.75) is 32.9 Å². The highest BCUT2D eigenvalue weighted by Gasteiger charge is 2.46. The first-order chi connectivity index (χ1) is 15.3. The predicted octanol–water partition coefficient (Wildman–Crippen LogP) is 4.12. The van der Waals surface area contributed by atoms with Crippen LogP contribution in [0.2, 0.25) is 0 Å². The molecule has 0 spiro atoms. The molecule has 1 N–H and O–H groups in total. The van der Waals surface area contributed by atoms with Gasteiger partial charge in [-0.2, -0.15) is 0 Å². The number of methoxy groups -OCH3 is 3. The molecule has 8 nitrogen and oxygen atoms in total. The van der Waals surface area contributed by atoms with Gasteiger partial charge in [0.25, 0.3) is 5.91 Å². The van der Waals surface area contributed by atoms with E-state index in [1.54, 1.807) is 32.6 Å². The summed E-state index contributed by atoms with van der Waals surface area (Å²) in [5.41, 5.74) is 4.82. The molecule has 0 radical (unpaired) electrons. The number of benzene rings is 2. The molecule has 8 heteroatoms. The highest BCUT2D eigenvalue weighted by atomic mass is 16.7. The summed E-state index contributed by atoms with van der Waals surface area (Å²) < 4.78 is 21.5. The number of amides is 1. The molecule has 4 rings (SSSR count). The van der Waals surface area contributed by atoms with Gasteiger partial charge in [-0.15, -0.1) is 0 Å². The van der Waals surface area contributed by atoms with E-state index >= 15 is 0 Å². The van der Waals surface area contributed by atoms with E-state index in [1.807, 2.05) is 50.0 Å². The Morgan fingerprint density at radius 3 is 2.59 bits per heavy atom. The summed E-state index contributed by atoms with van der Waals surface area (Å²) in [6.07, 6.45) is 1.65. The topological polar surface area (TPSA) is 72.5 Å². The molecule has 2 aromatic carbocycles. The second-order valence-electron chi connectivity index (χ2n) is 8.32. The van der Waals surface area contributed by atoms with Crippen molar-refractivity contribution in [1.82, 2.24) is 5.01 Å². The Hall–Kier alpha value is -3.39. The van der Waals surface area contributed by atoms with Crippen molar-refractivity contribution in [2.75, 3.05) is 38.4 Å². The van der Waals surface area contributed by atoms with Crippen molar-refractivity contribution in [3.05, 3.63) is 47.9 Å². The van der Waals surface area contributed by atoms with E-state index in [9.17, 15) is 4.79 Å². The molecule has 0 unspecified atom stereocenters. The number of nitrogens with one attached hydrogen (secondary N) is 1. The first kappa shape index (κ1) is 21.8. The zero-order chi connectivity index (χ0) is 23.0. The van der Waals surface area contributed by atoms with Gasteiger partial charge in [0.1, 0.15) is 23.3 Å². The lowest BCUT2D eigenvalue weighted by molar-refractivity contribution is -0.124. The molecule has 1 amide bonds. The molecule has 0 saturated heterocycles. The van der Waals surface area contributed by atoms with Gasteiger partial charge in [0, 0.05) is 24.3 Å². The minimum Gasteiger partial charge on any atom is -0.502 e. The minimum atomic E-state index is -0.736. The number of allylic oxidation sites excluding steroid dienone is 1. The quantitative estimate of drug-likeness (QED) is 0.514. The van der Waals surface area contributed by atoms with Gasteiger partial charge in [-0.25, -0.2) is 5.01 Å². The summed E-state index contributed by atoms with van der Waals surface area (Å²) in [5, 5.41) is 7.11. The molecule has 32 heavy (non-hydrogen) atoms. The van der Waals surface area contributed by atoms with Gasteiger partial charge in [-0.1, -0.05) is 6.07 Å². The summed E-state index contributed by atoms with van der Waals surface area (Å²) in [4.78, 5) is 13.4. The van der Waals surface area contributed by atoms with E-state index < -0.39 is 5.54 Å². The molecular weight excluding hydrogens is 410 g/mol. The normalized spacial score (nSPS) is 16.6. The van der Waals surface area contributed by atoms with Crippen LogP contribution in [0.3, 0.4) is 0 Å². The van der Waals surface area contributed by atoms with Crippen molar-refractivity contribution >= 4 is 17.3 Å². The van der Waals surface area contributed by atoms with Crippen LogP contribution in [-0.4, -0.2) is 44.6 Å². The second-order valence-corrected chi connectivity index (χ2v) is 8.32. The molecule has 0 fully saturated rings. The fourth-order valence-electron chi connectivity index (χ4n) is 4.22. The van der Waals surface area contributed by atoms with Gasteiger partial charge in [0.2, 0.25) is 0 Å². The third kappa shape index (κ3) is 3.50. The summed E-state index contributed by atoms with van der Waals surface area (Å²) in [7, 11) is 4.81. The molecule has 0 aromatic heterocycles. The number of hydrazine groups is 1. The third-order valence-electron chi connectivity index (χ3n) is 5.72. The van der Waals surface area contributed by atoms with Gasteiger partial charge < -0.3 is 24.3 Å². The average molecular weight is 440 g/mol. The standard InChI is InChI=1S/C24H29N3O5/c1-15(13-29-4)26-12-19-17(18-8-7-16(32-14-30-5)11-21(18)31-6)9-10-20-22(19)27(26)23(28)24(2,3)25-20/h7-11,13,25H,12,14H2,1-6H3/b15-13-. The van der Waals surface area contributed by atoms with Gasteiger partial charge in [0.05, 0.1) is 37.8 Å². The maximum Gasteiger partial charge on any atom is 0.270 e. The number of carbonyl (C=O) groups excluding carboxylic acids is 1. The van der Waals surface area contributed by atoms with Crippen LogP contribution in [0, 0.1) is 0 Å². The van der Waals surface area contributed by atoms with Crippen LogP contribution in [0.15, 0.2) is 42.3 Å². The Balaban J connectivity index is 1.86. The molecule has 0 aliphatic carbocycles. The summed E-state index contributed by atoms with van der Waals surface area (Å²) in [6.45, 7) is 6.39. The minimum absolute atomic E-state index is 0.0277.